The maximum absolute atomic E-state index is 6.12. The molecule has 0 atom stereocenters. The molecule has 5 nitrogen and oxygen atoms in total. The molecule has 1 aliphatic heterocycles. The molecule has 1 aromatic heterocycles. The van der Waals surface area contributed by atoms with Crippen LogP contribution in [0.2, 0.25) is 0 Å². The highest BCUT2D eigenvalue weighted by Crippen LogP contribution is 2.22. The fourth-order valence-electron chi connectivity index (χ4n) is 2.21. The van der Waals surface area contributed by atoms with Crippen molar-refractivity contribution in [1.82, 2.24) is 20.1 Å². The Balaban J connectivity index is 1.94. The highest BCUT2D eigenvalue weighted by Gasteiger charge is 2.31. The fourth-order valence-corrected chi connectivity index (χ4v) is 2.57. The van der Waals surface area contributed by atoms with E-state index < -0.39 is 0 Å². The first-order valence-electron chi connectivity index (χ1n) is 6.55. The van der Waals surface area contributed by atoms with Crippen LogP contribution < -0.4 is 5.32 Å². The molecule has 2 rings (SSSR count). The molecule has 0 amide bonds. The minimum Gasteiger partial charge on any atom is -0.381 e. The van der Waals surface area contributed by atoms with Gasteiger partial charge >= 0.3 is 0 Å². The molecule has 18 heavy (non-hydrogen) atoms. The summed E-state index contributed by atoms with van der Waals surface area (Å²) in [5, 5.41) is 7.78. The predicted molar refractivity (Wildman–Crippen MR) is 70.7 cm³/mol. The molecule has 0 bridgehead atoms. The van der Waals surface area contributed by atoms with E-state index in [1.54, 1.807) is 6.33 Å². The van der Waals surface area contributed by atoms with Gasteiger partial charge < -0.3 is 10.1 Å². The van der Waals surface area contributed by atoms with E-state index in [0.717, 1.165) is 44.8 Å². The second-order valence-corrected chi connectivity index (χ2v) is 5.05. The van der Waals surface area contributed by atoms with E-state index in [-0.39, 0.29) is 5.54 Å². The first-order valence-corrected chi connectivity index (χ1v) is 7.08. The van der Waals surface area contributed by atoms with Crippen LogP contribution in [-0.2, 0) is 17.8 Å². The van der Waals surface area contributed by atoms with E-state index >= 15 is 0 Å². The number of aryl methyl sites for hydroxylation is 1. The zero-order valence-electron chi connectivity index (χ0n) is 10.9. The minimum atomic E-state index is -0.0111. The number of nitrogens with zero attached hydrogens (tertiary/aromatic N) is 3. The molecule has 1 aromatic rings. The van der Waals surface area contributed by atoms with Crippen molar-refractivity contribution in [3.63, 3.8) is 0 Å². The zero-order chi connectivity index (χ0) is 12.8. The Morgan fingerprint density at radius 3 is 2.94 bits per heavy atom. The monoisotopic (exact) mass is 272 g/mol. The van der Waals surface area contributed by atoms with Crippen molar-refractivity contribution in [2.24, 2.45) is 0 Å². The van der Waals surface area contributed by atoms with Gasteiger partial charge in [0.05, 0.1) is 6.54 Å². The van der Waals surface area contributed by atoms with Gasteiger partial charge in [0.25, 0.3) is 0 Å². The third kappa shape index (κ3) is 3.22. The molecular weight excluding hydrogens is 252 g/mol. The molecule has 6 heteroatoms. The summed E-state index contributed by atoms with van der Waals surface area (Å²) in [4.78, 5) is 4.30. The molecule has 1 fully saturated rings. The standard InChI is InChI=1S/C12H21ClN4O/c1-2-5-17-11(14-10-16-17)8-15-12(9-13)3-6-18-7-4-12/h10,15H,2-9H2,1H3. The Morgan fingerprint density at radius 1 is 1.50 bits per heavy atom. The average Bonchev–Trinajstić information content (AvgIpc) is 2.86. The summed E-state index contributed by atoms with van der Waals surface area (Å²) >= 11 is 6.12. The molecule has 0 spiro atoms. The Bertz CT molecular complexity index is 363. The van der Waals surface area contributed by atoms with Crippen molar-refractivity contribution in [3.8, 4) is 0 Å². The zero-order valence-corrected chi connectivity index (χ0v) is 11.6. The second-order valence-electron chi connectivity index (χ2n) is 4.78. The third-order valence-corrected chi connectivity index (χ3v) is 3.97. The predicted octanol–water partition coefficient (Wildman–Crippen LogP) is 1.57. The van der Waals surface area contributed by atoms with Gasteiger partial charge in [-0.3, -0.25) is 0 Å². The molecule has 1 saturated heterocycles. The average molecular weight is 273 g/mol. The van der Waals surface area contributed by atoms with Crippen LogP contribution in [0.5, 0.6) is 0 Å². The molecule has 2 heterocycles. The van der Waals surface area contributed by atoms with E-state index in [1.165, 1.54) is 0 Å². The van der Waals surface area contributed by atoms with Gasteiger partial charge in [-0.15, -0.1) is 11.6 Å². The van der Waals surface area contributed by atoms with Crippen LogP contribution in [-0.4, -0.2) is 39.4 Å². The van der Waals surface area contributed by atoms with E-state index in [9.17, 15) is 0 Å². The summed E-state index contributed by atoms with van der Waals surface area (Å²) in [6, 6.07) is 0. The maximum Gasteiger partial charge on any atom is 0.140 e. The van der Waals surface area contributed by atoms with Gasteiger partial charge in [-0.2, -0.15) is 5.10 Å². The summed E-state index contributed by atoms with van der Waals surface area (Å²) in [5.41, 5.74) is -0.0111. The van der Waals surface area contributed by atoms with Crippen LogP contribution in [0.15, 0.2) is 6.33 Å². The van der Waals surface area contributed by atoms with Crippen LogP contribution in [0.3, 0.4) is 0 Å². The Kier molecular flexibility index (Phi) is 4.97. The summed E-state index contributed by atoms with van der Waals surface area (Å²) in [6.45, 7) is 5.32. The minimum absolute atomic E-state index is 0.0111. The molecule has 0 unspecified atom stereocenters. The summed E-state index contributed by atoms with van der Waals surface area (Å²) < 4.78 is 7.35. The first-order chi connectivity index (χ1) is 8.79. The maximum atomic E-state index is 6.12. The third-order valence-electron chi connectivity index (χ3n) is 3.46. The first kappa shape index (κ1) is 13.8. The largest absolute Gasteiger partial charge is 0.381 e. The molecular formula is C12H21ClN4O. The fraction of sp³-hybridized carbons (Fsp3) is 0.833. The molecule has 1 N–H and O–H groups in total. The van der Waals surface area contributed by atoms with Gasteiger partial charge in [0.2, 0.25) is 0 Å². The lowest BCUT2D eigenvalue weighted by molar-refractivity contribution is 0.0455. The lowest BCUT2D eigenvalue weighted by Crippen LogP contribution is -2.50. The molecule has 0 aromatic carbocycles. The summed E-state index contributed by atoms with van der Waals surface area (Å²) in [7, 11) is 0. The SMILES string of the molecule is CCCn1ncnc1CNC1(CCl)CCOCC1. The quantitative estimate of drug-likeness (QED) is 0.799. The molecule has 1 aliphatic rings. The van der Waals surface area contributed by atoms with Gasteiger partial charge in [-0.1, -0.05) is 6.92 Å². The van der Waals surface area contributed by atoms with E-state index in [2.05, 4.69) is 22.3 Å². The highest BCUT2D eigenvalue weighted by molar-refractivity contribution is 6.18. The number of hydrogen-bond acceptors (Lipinski definition) is 4. The van der Waals surface area contributed by atoms with Crippen molar-refractivity contribution < 1.29 is 4.74 Å². The number of rotatable bonds is 6. The van der Waals surface area contributed by atoms with Crippen molar-refractivity contribution in [3.05, 3.63) is 12.2 Å². The van der Waals surface area contributed by atoms with Crippen molar-refractivity contribution in [2.45, 2.75) is 44.8 Å². The lowest BCUT2D eigenvalue weighted by Gasteiger charge is -2.36. The summed E-state index contributed by atoms with van der Waals surface area (Å²) in [6.07, 6.45) is 4.59. The Hall–Kier alpha value is -0.650. The van der Waals surface area contributed by atoms with Gasteiger partial charge in [0.1, 0.15) is 12.2 Å². The number of ether oxygens (including phenoxy) is 1. The number of nitrogens with one attached hydrogen (secondary N) is 1. The normalized spacial score (nSPS) is 19.0. The highest BCUT2D eigenvalue weighted by atomic mass is 35.5. The van der Waals surface area contributed by atoms with Gasteiger partial charge in [0.15, 0.2) is 0 Å². The lowest BCUT2D eigenvalue weighted by atomic mass is 9.92. The Morgan fingerprint density at radius 2 is 2.28 bits per heavy atom. The van der Waals surface area contributed by atoms with Crippen LogP contribution in [0.4, 0.5) is 0 Å². The van der Waals surface area contributed by atoms with Crippen LogP contribution >= 0.6 is 11.6 Å². The smallest absolute Gasteiger partial charge is 0.140 e. The number of aromatic nitrogens is 3. The molecule has 0 radical (unpaired) electrons. The van der Waals surface area contributed by atoms with Crippen LogP contribution in [0, 0.1) is 0 Å². The van der Waals surface area contributed by atoms with Gasteiger partial charge in [-0.25, -0.2) is 9.67 Å². The van der Waals surface area contributed by atoms with Gasteiger partial charge in [0, 0.05) is 31.2 Å². The van der Waals surface area contributed by atoms with Crippen molar-refractivity contribution >= 4 is 11.6 Å². The van der Waals surface area contributed by atoms with Crippen molar-refractivity contribution in [2.75, 3.05) is 19.1 Å². The van der Waals surface area contributed by atoms with E-state index in [1.807, 2.05) is 4.68 Å². The van der Waals surface area contributed by atoms with Crippen LogP contribution in [0.1, 0.15) is 32.0 Å². The van der Waals surface area contributed by atoms with E-state index in [4.69, 9.17) is 16.3 Å². The number of alkyl halides is 1. The second kappa shape index (κ2) is 6.50. The molecule has 0 aliphatic carbocycles. The number of hydrogen-bond donors (Lipinski definition) is 1. The molecule has 102 valence electrons. The number of halogens is 1. The van der Waals surface area contributed by atoms with Gasteiger partial charge in [-0.05, 0) is 19.3 Å². The molecule has 0 saturated carbocycles. The summed E-state index contributed by atoms with van der Waals surface area (Å²) in [5.74, 6) is 1.59. The van der Waals surface area contributed by atoms with E-state index in [0.29, 0.717) is 12.4 Å². The van der Waals surface area contributed by atoms with Crippen LogP contribution in [0.25, 0.3) is 0 Å². The van der Waals surface area contributed by atoms with Crippen molar-refractivity contribution in [1.29, 1.82) is 0 Å². The topological polar surface area (TPSA) is 52.0 Å². The Labute approximate surface area is 113 Å².